The highest BCUT2D eigenvalue weighted by Gasteiger charge is 2.18. The molecule has 0 unspecified atom stereocenters. The molecule has 3 rings (SSSR count). The summed E-state index contributed by atoms with van der Waals surface area (Å²) in [6.07, 6.45) is 4.49. The number of nitrogens with zero attached hydrogens (tertiary/aromatic N) is 2. The van der Waals surface area contributed by atoms with Crippen molar-refractivity contribution < 1.29 is 23.9 Å². The molecule has 152 valence electrons. The zero-order chi connectivity index (χ0) is 21.2. The summed E-state index contributed by atoms with van der Waals surface area (Å²) in [6, 6.07) is 14.8. The number of rotatable bonds is 7. The third-order valence-electron chi connectivity index (χ3n) is 3.72. The van der Waals surface area contributed by atoms with Gasteiger partial charge in [-0.3, -0.25) is 15.1 Å². The summed E-state index contributed by atoms with van der Waals surface area (Å²) in [5.41, 5.74) is 0.909. The van der Waals surface area contributed by atoms with E-state index in [0.29, 0.717) is 5.75 Å². The molecule has 30 heavy (non-hydrogen) atoms. The summed E-state index contributed by atoms with van der Waals surface area (Å²) < 4.78 is 10.5. The molecule has 0 saturated heterocycles. The van der Waals surface area contributed by atoms with Crippen LogP contribution in [0.15, 0.2) is 73.2 Å². The molecule has 2 N–H and O–H groups in total. The van der Waals surface area contributed by atoms with Gasteiger partial charge in [0.05, 0.1) is 6.20 Å². The van der Waals surface area contributed by atoms with Crippen LogP contribution in [-0.2, 0) is 16.1 Å². The van der Waals surface area contributed by atoms with Crippen molar-refractivity contribution in [3.05, 3.63) is 84.3 Å². The van der Waals surface area contributed by atoms with E-state index < -0.39 is 24.5 Å². The fourth-order valence-corrected chi connectivity index (χ4v) is 2.34. The van der Waals surface area contributed by atoms with E-state index in [0.717, 1.165) is 5.56 Å². The Hall–Kier alpha value is -4.27. The number of aromatic nitrogens is 2. The van der Waals surface area contributed by atoms with Gasteiger partial charge in [-0.25, -0.2) is 14.6 Å². The van der Waals surface area contributed by atoms with Crippen LogP contribution in [0.1, 0.15) is 15.9 Å². The quantitative estimate of drug-likeness (QED) is 0.578. The minimum absolute atomic E-state index is 0.0107. The number of carbonyl (C=O) groups excluding carboxylic acids is 3. The molecule has 0 saturated carbocycles. The number of pyridine rings is 2. The lowest BCUT2D eigenvalue weighted by Gasteiger charge is -2.10. The van der Waals surface area contributed by atoms with E-state index in [1.54, 1.807) is 18.3 Å². The molecule has 3 amide bonds. The standard InChI is InChI=1S/C21H18N4O5/c26-18(25-21(28)24-12-15-6-2-1-3-7-15)14-29-20(27)17-9-5-11-23-19(17)30-16-8-4-10-22-13-16/h1-11,13H,12,14H2,(H2,24,25,26,28). The fraction of sp³-hybridized carbons (Fsp3) is 0.0952. The second kappa shape index (κ2) is 10.3. The number of nitrogens with one attached hydrogen (secondary N) is 2. The van der Waals surface area contributed by atoms with Crippen molar-refractivity contribution in [2.75, 3.05) is 6.61 Å². The van der Waals surface area contributed by atoms with E-state index in [9.17, 15) is 14.4 Å². The fourth-order valence-electron chi connectivity index (χ4n) is 2.34. The zero-order valence-electron chi connectivity index (χ0n) is 15.8. The number of amides is 3. The predicted molar refractivity (Wildman–Crippen MR) is 106 cm³/mol. The molecule has 2 aromatic heterocycles. The lowest BCUT2D eigenvalue weighted by Crippen LogP contribution is -2.41. The Labute approximate surface area is 172 Å². The van der Waals surface area contributed by atoms with Crippen molar-refractivity contribution >= 4 is 17.9 Å². The summed E-state index contributed by atoms with van der Waals surface area (Å²) in [4.78, 5) is 43.9. The van der Waals surface area contributed by atoms with Gasteiger partial charge in [-0.1, -0.05) is 30.3 Å². The molecule has 0 atom stereocenters. The number of esters is 1. The SMILES string of the molecule is O=C(COC(=O)c1cccnc1Oc1cccnc1)NC(=O)NCc1ccccc1. The van der Waals surface area contributed by atoms with E-state index >= 15 is 0 Å². The first kappa shape index (κ1) is 20.5. The number of hydrogen-bond acceptors (Lipinski definition) is 7. The third-order valence-corrected chi connectivity index (χ3v) is 3.72. The summed E-state index contributed by atoms with van der Waals surface area (Å²) >= 11 is 0. The van der Waals surface area contributed by atoms with Crippen LogP contribution in [-0.4, -0.2) is 34.5 Å². The zero-order valence-corrected chi connectivity index (χ0v) is 15.8. The summed E-state index contributed by atoms with van der Waals surface area (Å²) in [7, 11) is 0. The molecule has 3 aromatic rings. The smallest absolute Gasteiger partial charge is 0.344 e. The molecular formula is C21H18N4O5. The lowest BCUT2D eigenvalue weighted by atomic mass is 10.2. The lowest BCUT2D eigenvalue weighted by molar-refractivity contribution is -0.123. The van der Waals surface area contributed by atoms with Gasteiger partial charge in [0.15, 0.2) is 6.61 Å². The van der Waals surface area contributed by atoms with E-state index in [2.05, 4.69) is 20.6 Å². The highest BCUT2D eigenvalue weighted by Crippen LogP contribution is 2.22. The van der Waals surface area contributed by atoms with Gasteiger partial charge in [-0.05, 0) is 29.8 Å². The van der Waals surface area contributed by atoms with E-state index in [1.165, 1.54) is 24.5 Å². The molecule has 0 aliphatic rings. The van der Waals surface area contributed by atoms with Gasteiger partial charge in [-0.2, -0.15) is 0 Å². The van der Waals surface area contributed by atoms with Crippen LogP contribution < -0.4 is 15.4 Å². The molecule has 2 heterocycles. The number of ether oxygens (including phenoxy) is 2. The van der Waals surface area contributed by atoms with Crippen molar-refractivity contribution in [2.45, 2.75) is 6.54 Å². The first-order chi connectivity index (χ1) is 14.6. The maximum atomic E-state index is 12.3. The van der Waals surface area contributed by atoms with Gasteiger partial charge < -0.3 is 14.8 Å². The maximum Gasteiger partial charge on any atom is 0.344 e. The molecule has 0 radical (unpaired) electrons. The van der Waals surface area contributed by atoms with Gasteiger partial charge in [0.25, 0.3) is 5.91 Å². The first-order valence-corrected chi connectivity index (χ1v) is 8.93. The molecule has 9 heteroatoms. The van der Waals surface area contributed by atoms with E-state index in [1.807, 2.05) is 30.3 Å². The minimum Gasteiger partial charge on any atom is -0.452 e. The Morgan fingerprint density at radius 1 is 0.933 bits per heavy atom. The number of urea groups is 1. The Bertz CT molecular complexity index is 1010. The van der Waals surface area contributed by atoms with Crippen molar-refractivity contribution in [1.82, 2.24) is 20.6 Å². The average molecular weight is 406 g/mol. The minimum atomic E-state index is -0.818. The van der Waals surface area contributed by atoms with Gasteiger partial charge in [0, 0.05) is 18.9 Å². The maximum absolute atomic E-state index is 12.3. The Balaban J connectivity index is 1.49. The Morgan fingerprint density at radius 3 is 2.50 bits per heavy atom. The molecular weight excluding hydrogens is 388 g/mol. The van der Waals surface area contributed by atoms with Gasteiger partial charge in [-0.15, -0.1) is 0 Å². The number of imide groups is 1. The molecule has 0 spiro atoms. The molecule has 0 aliphatic carbocycles. The van der Waals surface area contributed by atoms with Crippen molar-refractivity contribution in [3.8, 4) is 11.6 Å². The van der Waals surface area contributed by atoms with Crippen molar-refractivity contribution in [3.63, 3.8) is 0 Å². The third kappa shape index (κ3) is 6.13. The molecule has 9 nitrogen and oxygen atoms in total. The van der Waals surface area contributed by atoms with Crippen molar-refractivity contribution in [2.24, 2.45) is 0 Å². The van der Waals surface area contributed by atoms with Crippen LogP contribution in [0.2, 0.25) is 0 Å². The normalized spacial score (nSPS) is 10.0. The number of hydrogen-bond donors (Lipinski definition) is 2. The predicted octanol–water partition coefficient (Wildman–Crippen LogP) is 2.45. The summed E-state index contributed by atoms with van der Waals surface area (Å²) in [5.74, 6) is -1.19. The molecule has 1 aromatic carbocycles. The average Bonchev–Trinajstić information content (AvgIpc) is 2.78. The molecule has 0 fully saturated rings. The van der Waals surface area contributed by atoms with Crippen LogP contribution in [0.4, 0.5) is 4.79 Å². The largest absolute Gasteiger partial charge is 0.452 e. The topological polar surface area (TPSA) is 120 Å². The van der Waals surface area contributed by atoms with Crippen LogP contribution in [0, 0.1) is 0 Å². The van der Waals surface area contributed by atoms with Crippen LogP contribution in [0.3, 0.4) is 0 Å². The van der Waals surface area contributed by atoms with Crippen LogP contribution in [0.5, 0.6) is 11.6 Å². The molecule has 0 bridgehead atoms. The molecule has 0 aliphatic heterocycles. The Morgan fingerprint density at radius 2 is 1.73 bits per heavy atom. The van der Waals surface area contributed by atoms with Crippen molar-refractivity contribution in [1.29, 1.82) is 0 Å². The second-order valence-corrected chi connectivity index (χ2v) is 5.94. The van der Waals surface area contributed by atoms with Crippen LogP contribution >= 0.6 is 0 Å². The second-order valence-electron chi connectivity index (χ2n) is 5.94. The Kier molecular flexibility index (Phi) is 7.04. The number of carbonyl (C=O) groups is 3. The van der Waals surface area contributed by atoms with E-state index in [4.69, 9.17) is 9.47 Å². The van der Waals surface area contributed by atoms with E-state index in [-0.39, 0.29) is 18.0 Å². The van der Waals surface area contributed by atoms with Crippen LogP contribution in [0.25, 0.3) is 0 Å². The van der Waals surface area contributed by atoms with Gasteiger partial charge in [0.1, 0.15) is 11.3 Å². The summed E-state index contributed by atoms with van der Waals surface area (Å²) in [6.45, 7) is -0.386. The first-order valence-electron chi connectivity index (χ1n) is 8.93. The monoisotopic (exact) mass is 406 g/mol. The van der Waals surface area contributed by atoms with Gasteiger partial charge in [0.2, 0.25) is 5.88 Å². The van der Waals surface area contributed by atoms with Gasteiger partial charge >= 0.3 is 12.0 Å². The number of benzene rings is 1. The highest BCUT2D eigenvalue weighted by atomic mass is 16.5. The summed E-state index contributed by atoms with van der Waals surface area (Å²) in [5, 5.41) is 4.63. The highest BCUT2D eigenvalue weighted by molar-refractivity contribution is 5.97.